The lowest BCUT2D eigenvalue weighted by Crippen LogP contribution is -2.49. The molecule has 104 valence electrons. The van der Waals surface area contributed by atoms with Gasteiger partial charge in [0.2, 0.25) is 5.91 Å². The number of rotatable bonds is 4. The van der Waals surface area contributed by atoms with Crippen LogP contribution < -0.4 is 4.90 Å². The highest BCUT2D eigenvalue weighted by atomic mass is 16.3. The van der Waals surface area contributed by atoms with Crippen LogP contribution in [0.25, 0.3) is 0 Å². The molecule has 0 unspecified atom stereocenters. The number of nitrogens with zero attached hydrogens (tertiary/aromatic N) is 1. The van der Waals surface area contributed by atoms with Crippen LogP contribution in [0.1, 0.15) is 44.6 Å². The van der Waals surface area contributed by atoms with Crippen LogP contribution in [-0.4, -0.2) is 24.7 Å². The first-order valence-electron chi connectivity index (χ1n) is 6.99. The highest BCUT2D eigenvalue weighted by Crippen LogP contribution is 2.42. The highest BCUT2D eigenvalue weighted by molar-refractivity contribution is 5.97. The molecule has 0 saturated heterocycles. The maximum atomic E-state index is 12.5. The molecule has 0 bridgehead atoms. The zero-order chi connectivity index (χ0) is 14.0. The first kappa shape index (κ1) is 14.1. The summed E-state index contributed by atoms with van der Waals surface area (Å²) in [5, 5.41) is 9.47. The number of aliphatic hydroxyl groups excluding tert-OH is 1. The molecule has 2 rings (SSSR count). The van der Waals surface area contributed by atoms with E-state index in [2.05, 4.69) is 26.0 Å². The highest BCUT2D eigenvalue weighted by Gasteiger charge is 2.45. The molecule has 0 atom stereocenters. The van der Waals surface area contributed by atoms with Gasteiger partial charge >= 0.3 is 0 Å². The minimum atomic E-state index is -0.522. The first-order valence-corrected chi connectivity index (χ1v) is 6.99. The second-order valence-electron chi connectivity index (χ2n) is 5.90. The smallest absolute Gasteiger partial charge is 0.235 e. The number of carbonyl (C=O) groups is 1. The zero-order valence-corrected chi connectivity index (χ0v) is 12.0. The summed E-state index contributed by atoms with van der Waals surface area (Å²) < 4.78 is 0. The van der Waals surface area contributed by atoms with Crippen LogP contribution in [0.3, 0.4) is 0 Å². The number of carbonyl (C=O) groups excluding carboxylic acids is 1. The van der Waals surface area contributed by atoms with Gasteiger partial charge in [-0.2, -0.15) is 0 Å². The van der Waals surface area contributed by atoms with Crippen LogP contribution in [-0.2, 0) is 4.79 Å². The van der Waals surface area contributed by atoms with Gasteiger partial charge < -0.3 is 10.0 Å². The van der Waals surface area contributed by atoms with E-state index >= 15 is 0 Å². The third-order valence-corrected chi connectivity index (χ3v) is 4.32. The Kier molecular flexibility index (Phi) is 3.95. The Hall–Kier alpha value is -1.35. The van der Waals surface area contributed by atoms with Crippen molar-refractivity contribution in [1.82, 2.24) is 0 Å². The van der Waals surface area contributed by atoms with E-state index in [1.807, 2.05) is 12.1 Å². The average Bonchev–Trinajstić information content (AvgIpc) is 2.37. The number of hydrogen-bond acceptors (Lipinski definition) is 2. The van der Waals surface area contributed by atoms with E-state index in [1.165, 1.54) is 5.56 Å². The van der Waals surface area contributed by atoms with E-state index in [0.717, 1.165) is 24.9 Å². The lowest BCUT2D eigenvalue weighted by atomic mass is 9.68. The van der Waals surface area contributed by atoms with E-state index in [4.69, 9.17) is 0 Å². The van der Waals surface area contributed by atoms with Crippen molar-refractivity contribution in [3.8, 4) is 0 Å². The summed E-state index contributed by atoms with van der Waals surface area (Å²) in [5.74, 6) is 0.532. The van der Waals surface area contributed by atoms with Gasteiger partial charge in [-0.25, -0.2) is 0 Å². The van der Waals surface area contributed by atoms with Crippen LogP contribution >= 0.6 is 0 Å². The SMILES string of the molecule is CC(C)c1ccc(N(C)C(=O)C2(CO)CCC2)cc1. The Morgan fingerprint density at radius 3 is 2.26 bits per heavy atom. The number of hydrogen-bond donors (Lipinski definition) is 1. The largest absolute Gasteiger partial charge is 0.395 e. The zero-order valence-electron chi connectivity index (χ0n) is 12.0. The summed E-state index contributed by atoms with van der Waals surface area (Å²) in [4.78, 5) is 14.1. The summed E-state index contributed by atoms with van der Waals surface area (Å²) in [6, 6.07) is 8.10. The number of anilines is 1. The van der Waals surface area contributed by atoms with Gasteiger partial charge in [0.1, 0.15) is 0 Å². The molecule has 0 spiro atoms. The fourth-order valence-electron chi connectivity index (χ4n) is 2.60. The van der Waals surface area contributed by atoms with Crippen LogP contribution in [0, 0.1) is 5.41 Å². The van der Waals surface area contributed by atoms with Crippen molar-refractivity contribution in [2.45, 2.75) is 39.0 Å². The Bertz CT molecular complexity index is 441. The predicted molar refractivity (Wildman–Crippen MR) is 77.3 cm³/mol. The van der Waals surface area contributed by atoms with Crippen LogP contribution in [0.5, 0.6) is 0 Å². The minimum absolute atomic E-state index is 0.0403. The fraction of sp³-hybridized carbons (Fsp3) is 0.562. The average molecular weight is 261 g/mol. The molecule has 1 aromatic carbocycles. The van der Waals surface area contributed by atoms with Crippen molar-refractivity contribution in [3.05, 3.63) is 29.8 Å². The van der Waals surface area contributed by atoms with Crippen molar-refractivity contribution in [3.63, 3.8) is 0 Å². The third-order valence-electron chi connectivity index (χ3n) is 4.32. The summed E-state index contributed by atoms with van der Waals surface area (Å²) in [6.45, 7) is 4.26. The number of benzene rings is 1. The molecule has 0 aromatic heterocycles. The first-order chi connectivity index (χ1) is 9.00. The van der Waals surface area contributed by atoms with Crippen LogP contribution in [0.2, 0.25) is 0 Å². The fourth-order valence-corrected chi connectivity index (χ4v) is 2.60. The molecule has 1 saturated carbocycles. The molecule has 1 amide bonds. The topological polar surface area (TPSA) is 40.5 Å². The maximum absolute atomic E-state index is 12.5. The normalized spacial score (nSPS) is 17.1. The Labute approximate surface area is 115 Å². The van der Waals surface area contributed by atoms with Gasteiger partial charge in [0.15, 0.2) is 0 Å². The molecule has 1 aromatic rings. The van der Waals surface area contributed by atoms with Crippen LogP contribution in [0.15, 0.2) is 24.3 Å². The van der Waals surface area contributed by atoms with E-state index in [1.54, 1.807) is 11.9 Å². The standard InChI is InChI=1S/C16H23NO2/c1-12(2)13-5-7-14(8-6-13)17(3)15(19)16(11-18)9-4-10-16/h5-8,12,18H,4,9-11H2,1-3H3. The summed E-state index contributed by atoms with van der Waals surface area (Å²) in [7, 11) is 1.79. The minimum Gasteiger partial charge on any atom is -0.395 e. The summed E-state index contributed by atoms with van der Waals surface area (Å²) >= 11 is 0. The molecule has 1 N–H and O–H groups in total. The van der Waals surface area contributed by atoms with Crippen molar-refractivity contribution in [1.29, 1.82) is 0 Å². The molecule has 3 nitrogen and oxygen atoms in total. The summed E-state index contributed by atoms with van der Waals surface area (Å²) in [6.07, 6.45) is 2.64. The van der Waals surface area contributed by atoms with Crippen molar-refractivity contribution < 1.29 is 9.90 Å². The van der Waals surface area contributed by atoms with Crippen molar-refractivity contribution in [2.75, 3.05) is 18.6 Å². The van der Waals surface area contributed by atoms with E-state index in [0.29, 0.717) is 5.92 Å². The van der Waals surface area contributed by atoms with Gasteiger partial charge in [0, 0.05) is 12.7 Å². The van der Waals surface area contributed by atoms with Crippen LogP contribution in [0.4, 0.5) is 5.69 Å². The molecule has 0 heterocycles. The maximum Gasteiger partial charge on any atom is 0.235 e. The van der Waals surface area contributed by atoms with Gasteiger partial charge in [-0.3, -0.25) is 4.79 Å². The summed E-state index contributed by atoms with van der Waals surface area (Å²) in [5.41, 5.74) is 1.64. The third kappa shape index (κ3) is 2.52. The molecule has 3 heteroatoms. The molecule has 1 aliphatic carbocycles. The Morgan fingerprint density at radius 1 is 1.32 bits per heavy atom. The second kappa shape index (κ2) is 5.33. The molecule has 1 fully saturated rings. The van der Waals surface area contributed by atoms with Gasteiger partial charge in [-0.05, 0) is 36.5 Å². The Balaban J connectivity index is 2.15. The Morgan fingerprint density at radius 2 is 1.89 bits per heavy atom. The van der Waals surface area contributed by atoms with Gasteiger partial charge in [-0.1, -0.05) is 32.4 Å². The van der Waals surface area contributed by atoms with E-state index < -0.39 is 5.41 Å². The molecule has 0 aliphatic heterocycles. The number of aliphatic hydroxyl groups is 1. The van der Waals surface area contributed by atoms with Gasteiger partial charge in [0.25, 0.3) is 0 Å². The molecular weight excluding hydrogens is 238 g/mol. The second-order valence-corrected chi connectivity index (χ2v) is 5.90. The number of amides is 1. The molecule has 1 aliphatic rings. The van der Waals surface area contributed by atoms with Crippen molar-refractivity contribution in [2.24, 2.45) is 5.41 Å². The van der Waals surface area contributed by atoms with E-state index in [-0.39, 0.29) is 12.5 Å². The molecular formula is C16H23NO2. The van der Waals surface area contributed by atoms with E-state index in [9.17, 15) is 9.90 Å². The van der Waals surface area contributed by atoms with Gasteiger partial charge in [0.05, 0.1) is 12.0 Å². The molecule has 19 heavy (non-hydrogen) atoms. The van der Waals surface area contributed by atoms with Crippen molar-refractivity contribution >= 4 is 11.6 Å². The van der Waals surface area contributed by atoms with Gasteiger partial charge in [-0.15, -0.1) is 0 Å². The molecule has 0 radical (unpaired) electrons. The lowest BCUT2D eigenvalue weighted by molar-refractivity contribution is -0.136. The quantitative estimate of drug-likeness (QED) is 0.905. The predicted octanol–water partition coefficient (Wildman–Crippen LogP) is 2.94. The lowest BCUT2D eigenvalue weighted by Gasteiger charge is -2.41. The monoisotopic (exact) mass is 261 g/mol.